The molecule has 4 rings (SSSR count). The zero-order chi connectivity index (χ0) is 21.4. The summed E-state index contributed by atoms with van der Waals surface area (Å²) < 4.78 is 38.6. The summed E-state index contributed by atoms with van der Waals surface area (Å²) in [5.74, 6) is 0.880. The van der Waals surface area contributed by atoms with E-state index in [1.165, 1.54) is 23.5 Å². The second-order valence-electron chi connectivity index (χ2n) is 7.22. The number of nitrogens with zero attached hydrogens (tertiary/aromatic N) is 2. The molecule has 1 aromatic carbocycles. The van der Waals surface area contributed by atoms with Gasteiger partial charge in [-0.05, 0) is 42.5 Å². The lowest BCUT2D eigenvalue weighted by atomic mass is 10.0. The molecule has 30 heavy (non-hydrogen) atoms. The maximum Gasteiger partial charge on any atom is 0.416 e. The average molecular weight is 456 g/mol. The van der Waals surface area contributed by atoms with Crippen molar-refractivity contribution in [2.75, 3.05) is 30.7 Å². The van der Waals surface area contributed by atoms with Crippen molar-refractivity contribution in [2.24, 2.45) is 0 Å². The fraction of sp³-hybridized carbons (Fsp3) is 0.400. The van der Waals surface area contributed by atoms with Gasteiger partial charge in [0.25, 0.3) is 5.91 Å². The number of alkyl halides is 3. The maximum atomic E-state index is 12.9. The molecule has 0 radical (unpaired) electrons. The Morgan fingerprint density at radius 1 is 1.07 bits per heavy atom. The molecule has 160 valence electrons. The van der Waals surface area contributed by atoms with E-state index in [0.717, 1.165) is 17.9 Å². The molecule has 0 saturated carbocycles. The van der Waals surface area contributed by atoms with Gasteiger partial charge in [0.2, 0.25) is 0 Å². The second-order valence-corrected chi connectivity index (χ2v) is 9.63. The van der Waals surface area contributed by atoms with Crippen LogP contribution in [0.4, 0.5) is 23.7 Å². The first kappa shape index (κ1) is 21.0. The van der Waals surface area contributed by atoms with Crippen LogP contribution in [0.15, 0.2) is 41.8 Å². The molecule has 0 bridgehead atoms. The number of nitrogens with one attached hydrogen (secondary N) is 1. The van der Waals surface area contributed by atoms with Gasteiger partial charge < -0.3 is 15.1 Å². The Morgan fingerprint density at radius 2 is 1.83 bits per heavy atom. The minimum absolute atomic E-state index is 0.0249. The Kier molecular flexibility index (Phi) is 5.71. The van der Waals surface area contributed by atoms with Crippen molar-refractivity contribution in [3.05, 3.63) is 52.2 Å². The molecular weight excluding hydrogens is 435 g/mol. The van der Waals surface area contributed by atoms with E-state index in [9.17, 15) is 22.8 Å². The standard InChI is InChI=1S/C20H20F3N3O2S2/c21-20(22,23)14-3-1-4-15(13-14)24-18(28)25-8-6-19(7-9-25)26(10-12-30-19)17(27)16-5-2-11-29-16/h1-5,11,13H,6-10,12H2,(H,24,28). The summed E-state index contributed by atoms with van der Waals surface area (Å²) in [5.41, 5.74) is -0.692. The van der Waals surface area contributed by atoms with Crippen LogP contribution in [0.5, 0.6) is 0 Å². The summed E-state index contributed by atoms with van der Waals surface area (Å²) in [5, 5.41) is 4.44. The second kappa shape index (κ2) is 8.14. The summed E-state index contributed by atoms with van der Waals surface area (Å²) in [7, 11) is 0. The summed E-state index contributed by atoms with van der Waals surface area (Å²) >= 11 is 3.17. The van der Waals surface area contributed by atoms with Gasteiger partial charge in [0.1, 0.15) is 0 Å². The van der Waals surface area contributed by atoms with Gasteiger partial charge in [-0.15, -0.1) is 23.1 Å². The fourth-order valence-corrected chi connectivity index (χ4v) is 6.00. The molecule has 2 aliphatic rings. The Morgan fingerprint density at radius 3 is 2.50 bits per heavy atom. The van der Waals surface area contributed by atoms with E-state index in [1.54, 1.807) is 16.7 Å². The first-order chi connectivity index (χ1) is 14.3. The number of hydrogen-bond acceptors (Lipinski definition) is 4. The van der Waals surface area contributed by atoms with Crippen molar-refractivity contribution in [3.63, 3.8) is 0 Å². The number of piperidine rings is 1. The van der Waals surface area contributed by atoms with E-state index in [0.29, 0.717) is 37.4 Å². The Bertz CT molecular complexity index is 926. The molecule has 1 spiro atoms. The monoisotopic (exact) mass is 455 g/mol. The maximum absolute atomic E-state index is 12.9. The third kappa shape index (κ3) is 4.15. The number of likely N-dealkylation sites (tertiary alicyclic amines) is 1. The summed E-state index contributed by atoms with van der Waals surface area (Å²) in [6.45, 7) is 1.55. The zero-order valence-corrected chi connectivity index (χ0v) is 17.6. The van der Waals surface area contributed by atoms with Crippen LogP contribution in [0.3, 0.4) is 0 Å². The molecule has 2 fully saturated rings. The van der Waals surface area contributed by atoms with Crippen molar-refractivity contribution < 1.29 is 22.8 Å². The number of urea groups is 1. The van der Waals surface area contributed by atoms with Crippen molar-refractivity contribution in [1.82, 2.24) is 9.80 Å². The van der Waals surface area contributed by atoms with E-state index >= 15 is 0 Å². The lowest BCUT2D eigenvalue weighted by molar-refractivity contribution is -0.137. The molecular formula is C20H20F3N3O2S2. The van der Waals surface area contributed by atoms with Gasteiger partial charge >= 0.3 is 12.2 Å². The van der Waals surface area contributed by atoms with Crippen LogP contribution in [-0.4, -0.2) is 52.0 Å². The van der Waals surface area contributed by atoms with Crippen LogP contribution in [0.2, 0.25) is 0 Å². The number of hydrogen-bond donors (Lipinski definition) is 1. The molecule has 3 amide bonds. The summed E-state index contributed by atoms with van der Waals surface area (Å²) in [6, 6.07) is 7.85. The smallest absolute Gasteiger partial charge is 0.324 e. The van der Waals surface area contributed by atoms with E-state index in [1.807, 2.05) is 22.4 Å². The number of amides is 3. The number of anilines is 1. The molecule has 5 nitrogen and oxygen atoms in total. The topological polar surface area (TPSA) is 52.7 Å². The molecule has 2 aromatic rings. The highest BCUT2D eigenvalue weighted by Crippen LogP contribution is 2.44. The highest BCUT2D eigenvalue weighted by atomic mass is 32.2. The van der Waals surface area contributed by atoms with Gasteiger partial charge in [-0.2, -0.15) is 13.2 Å². The van der Waals surface area contributed by atoms with Crippen LogP contribution in [0, 0.1) is 0 Å². The molecule has 2 aliphatic heterocycles. The Balaban J connectivity index is 1.39. The van der Waals surface area contributed by atoms with Crippen molar-refractivity contribution in [2.45, 2.75) is 23.9 Å². The molecule has 2 saturated heterocycles. The number of thiophene rings is 1. The van der Waals surface area contributed by atoms with Crippen LogP contribution in [0.1, 0.15) is 28.1 Å². The number of carbonyl (C=O) groups excluding carboxylic acids is 2. The molecule has 1 N–H and O–H groups in total. The fourth-order valence-electron chi connectivity index (χ4n) is 3.88. The number of carbonyl (C=O) groups is 2. The largest absolute Gasteiger partial charge is 0.416 e. The van der Waals surface area contributed by atoms with Crippen molar-refractivity contribution in [1.29, 1.82) is 0 Å². The van der Waals surface area contributed by atoms with Gasteiger partial charge in [0, 0.05) is 31.1 Å². The van der Waals surface area contributed by atoms with Gasteiger partial charge in [-0.3, -0.25) is 4.79 Å². The van der Waals surface area contributed by atoms with Crippen molar-refractivity contribution >= 4 is 40.7 Å². The average Bonchev–Trinajstić information content (AvgIpc) is 3.38. The Labute approximate surface area is 180 Å². The van der Waals surface area contributed by atoms with Gasteiger partial charge in [0.05, 0.1) is 15.3 Å². The van der Waals surface area contributed by atoms with Crippen LogP contribution >= 0.6 is 23.1 Å². The predicted molar refractivity (Wildman–Crippen MR) is 112 cm³/mol. The summed E-state index contributed by atoms with van der Waals surface area (Å²) in [4.78, 5) is 29.4. The van der Waals surface area contributed by atoms with Gasteiger partial charge in [-0.25, -0.2) is 4.79 Å². The molecule has 1 aromatic heterocycles. The normalized spacial score (nSPS) is 18.6. The minimum atomic E-state index is -4.46. The highest BCUT2D eigenvalue weighted by Gasteiger charge is 2.47. The van der Waals surface area contributed by atoms with Crippen LogP contribution in [0.25, 0.3) is 0 Å². The SMILES string of the molecule is O=C(Nc1cccc(C(F)(F)F)c1)N1CCC2(CC1)SCCN2C(=O)c1cccs1. The molecule has 10 heteroatoms. The number of thioether (sulfide) groups is 1. The Hall–Kier alpha value is -2.20. The molecule has 0 unspecified atom stereocenters. The minimum Gasteiger partial charge on any atom is -0.324 e. The van der Waals surface area contributed by atoms with E-state index in [-0.39, 0.29) is 16.5 Å². The van der Waals surface area contributed by atoms with Crippen molar-refractivity contribution in [3.8, 4) is 0 Å². The van der Waals surface area contributed by atoms with Crippen LogP contribution < -0.4 is 5.32 Å². The van der Waals surface area contributed by atoms with E-state index in [2.05, 4.69) is 5.32 Å². The van der Waals surface area contributed by atoms with E-state index < -0.39 is 17.8 Å². The molecule has 0 atom stereocenters. The third-order valence-electron chi connectivity index (χ3n) is 5.43. The van der Waals surface area contributed by atoms with Gasteiger partial charge in [0.15, 0.2) is 0 Å². The highest BCUT2D eigenvalue weighted by molar-refractivity contribution is 8.00. The first-order valence-corrected chi connectivity index (χ1v) is 11.4. The summed E-state index contributed by atoms with van der Waals surface area (Å²) in [6.07, 6.45) is -3.20. The van der Waals surface area contributed by atoms with Crippen LogP contribution in [-0.2, 0) is 6.18 Å². The quantitative estimate of drug-likeness (QED) is 0.695. The molecule has 0 aliphatic carbocycles. The van der Waals surface area contributed by atoms with E-state index in [4.69, 9.17) is 0 Å². The predicted octanol–water partition coefficient (Wildman–Crippen LogP) is 4.98. The molecule has 3 heterocycles. The number of benzene rings is 1. The lowest BCUT2D eigenvalue weighted by Crippen LogP contribution is -2.54. The third-order valence-corrected chi connectivity index (χ3v) is 7.84. The number of rotatable bonds is 2. The first-order valence-electron chi connectivity index (χ1n) is 9.51. The number of halogens is 3. The lowest BCUT2D eigenvalue weighted by Gasteiger charge is -2.43. The van der Waals surface area contributed by atoms with Gasteiger partial charge in [-0.1, -0.05) is 12.1 Å². The zero-order valence-electron chi connectivity index (χ0n) is 15.9.